The maximum absolute atomic E-state index is 11.1. The Balaban J connectivity index is 3.95. The van der Waals surface area contributed by atoms with Crippen molar-refractivity contribution in [1.29, 1.82) is 0 Å². The molecular formula is C9H16O7. The van der Waals surface area contributed by atoms with Crippen LogP contribution in [-0.4, -0.2) is 58.8 Å². The topological polar surface area (TPSA) is 113 Å². The SMILES string of the molecule is CC(O)C(=O)OC(C)C(=O)OCC(O)CO. The van der Waals surface area contributed by atoms with E-state index in [9.17, 15) is 9.59 Å². The average Bonchev–Trinajstić information content (AvgIpc) is 2.24. The molecule has 7 nitrogen and oxygen atoms in total. The lowest BCUT2D eigenvalue weighted by Gasteiger charge is -2.14. The molecule has 0 aromatic heterocycles. The molecule has 0 aromatic carbocycles. The summed E-state index contributed by atoms with van der Waals surface area (Å²) in [6.45, 7) is 1.56. The molecule has 0 heterocycles. The minimum absolute atomic E-state index is 0.383. The summed E-state index contributed by atoms with van der Waals surface area (Å²) in [6, 6.07) is 0. The van der Waals surface area contributed by atoms with Gasteiger partial charge in [0, 0.05) is 0 Å². The number of hydrogen-bond acceptors (Lipinski definition) is 7. The van der Waals surface area contributed by atoms with Crippen LogP contribution in [0.1, 0.15) is 13.8 Å². The van der Waals surface area contributed by atoms with Crippen molar-refractivity contribution in [2.24, 2.45) is 0 Å². The van der Waals surface area contributed by atoms with E-state index >= 15 is 0 Å². The van der Waals surface area contributed by atoms with Gasteiger partial charge < -0.3 is 24.8 Å². The van der Waals surface area contributed by atoms with E-state index in [1.54, 1.807) is 0 Å². The van der Waals surface area contributed by atoms with Crippen LogP contribution in [0.4, 0.5) is 0 Å². The van der Waals surface area contributed by atoms with Crippen LogP contribution in [0.2, 0.25) is 0 Å². The maximum Gasteiger partial charge on any atom is 0.347 e. The Morgan fingerprint density at radius 2 is 1.75 bits per heavy atom. The van der Waals surface area contributed by atoms with Gasteiger partial charge in [-0.05, 0) is 13.8 Å². The van der Waals surface area contributed by atoms with Crippen molar-refractivity contribution in [3.8, 4) is 0 Å². The Morgan fingerprint density at radius 3 is 2.19 bits per heavy atom. The van der Waals surface area contributed by atoms with Crippen molar-refractivity contribution < 1.29 is 34.4 Å². The quantitative estimate of drug-likeness (QED) is 0.466. The van der Waals surface area contributed by atoms with Gasteiger partial charge >= 0.3 is 11.9 Å². The average molecular weight is 236 g/mol. The van der Waals surface area contributed by atoms with Crippen LogP contribution in [0, 0.1) is 0 Å². The van der Waals surface area contributed by atoms with Crippen molar-refractivity contribution >= 4 is 11.9 Å². The van der Waals surface area contributed by atoms with E-state index in [-0.39, 0.29) is 6.61 Å². The van der Waals surface area contributed by atoms with Crippen molar-refractivity contribution in [1.82, 2.24) is 0 Å². The van der Waals surface area contributed by atoms with Gasteiger partial charge in [-0.1, -0.05) is 0 Å². The smallest absolute Gasteiger partial charge is 0.347 e. The molecule has 0 aliphatic rings. The highest BCUT2D eigenvalue weighted by Gasteiger charge is 2.22. The number of ether oxygens (including phenoxy) is 2. The summed E-state index contributed by atoms with van der Waals surface area (Å²) in [5.41, 5.74) is 0. The van der Waals surface area contributed by atoms with Gasteiger partial charge in [0.2, 0.25) is 0 Å². The fourth-order valence-corrected chi connectivity index (χ4v) is 0.669. The summed E-state index contributed by atoms with van der Waals surface area (Å²) < 4.78 is 9.06. The third-order valence-corrected chi connectivity index (χ3v) is 1.59. The van der Waals surface area contributed by atoms with Crippen LogP contribution < -0.4 is 0 Å². The maximum atomic E-state index is 11.1. The van der Waals surface area contributed by atoms with Gasteiger partial charge in [-0.25, -0.2) is 9.59 Å². The third-order valence-electron chi connectivity index (χ3n) is 1.59. The molecule has 7 heteroatoms. The Kier molecular flexibility index (Phi) is 6.63. The second-order valence-electron chi connectivity index (χ2n) is 3.22. The largest absolute Gasteiger partial charge is 0.460 e. The fraction of sp³-hybridized carbons (Fsp3) is 0.778. The van der Waals surface area contributed by atoms with Crippen LogP contribution in [0.3, 0.4) is 0 Å². The Hall–Kier alpha value is -1.18. The highest BCUT2D eigenvalue weighted by atomic mass is 16.6. The molecule has 0 amide bonds. The molecule has 3 atom stereocenters. The van der Waals surface area contributed by atoms with Crippen LogP contribution in [0.15, 0.2) is 0 Å². The highest BCUT2D eigenvalue weighted by molar-refractivity contribution is 5.80. The fourth-order valence-electron chi connectivity index (χ4n) is 0.669. The van der Waals surface area contributed by atoms with E-state index in [1.165, 1.54) is 13.8 Å². The number of carbonyl (C=O) groups excluding carboxylic acids is 2. The molecule has 0 aliphatic heterocycles. The predicted molar refractivity (Wildman–Crippen MR) is 51.3 cm³/mol. The predicted octanol–water partition coefficient (Wildman–Crippen LogP) is -1.80. The molecule has 94 valence electrons. The minimum Gasteiger partial charge on any atom is -0.460 e. The van der Waals surface area contributed by atoms with Gasteiger partial charge in [-0.3, -0.25) is 0 Å². The van der Waals surface area contributed by atoms with E-state index in [2.05, 4.69) is 9.47 Å². The van der Waals surface area contributed by atoms with Gasteiger partial charge in [-0.15, -0.1) is 0 Å². The molecule has 0 spiro atoms. The Morgan fingerprint density at radius 1 is 1.19 bits per heavy atom. The molecule has 0 rings (SSSR count). The van der Waals surface area contributed by atoms with E-state index in [0.717, 1.165) is 0 Å². The van der Waals surface area contributed by atoms with Crippen LogP contribution in [0.25, 0.3) is 0 Å². The molecule has 0 saturated carbocycles. The number of hydrogen-bond donors (Lipinski definition) is 3. The first-order chi connectivity index (χ1) is 7.38. The van der Waals surface area contributed by atoms with E-state index in [4.69, 9.17) is 15.3 Å². The number of aliphatic hydroxyl groups excluding tert-OH is 3. The Bertz CT molecular complexity index is 238. The van der Waals surface area contributed by atoms with Gasteiger partial charge in [0.15, 0.2) is 6.10 Å². The van der Waals surface area contributed by atoms with E-state index in [1.807, 2.05) is 0 Å². The molecule has 0 saturated heterocycles. The van der Waals surface area contributed by atoms with Crippen LogP contribution >= 0.6 is 0 Å². The van der Waals surface area contributed by atoms with E-state index < -0.39 is 36.9 Å². The van der Waals surface area contributed by atoms with Crippen molar-refractivity contribution in [2.75, 3.05) is 13.2 Å². The zero-order valence-corrected chi connectivity index (χ0v) is 9.12. The summed E-state index contributed by atoms with van der Waals surface area (Å²) >= 11 is 0. The molecule has 3 unspecified atom stereocenters. The standard InChI is InChI=1S/C9H16O7/c1-5(11)8(13)16-6(2)9(14)15-4-7(12)3-10/h5-7,10-12H,3-4H2,1-2H3. The zero-order chi connectivity index (χ0) is 12.7. The molecular weight excluding hydrogens is 220 g/mol. The highest BCUT2D eigenvalue weighted by Crippen LogP contribution is 1.99. The molecule has 0 aromatic rings. The number of rotatable bonds is 6. The second kappa shape index (κ2) is 7.15. The van der Waals surface area contributed by atoms with E-state index in [0.29, 0.717) is 0 Å². The lowest BCUT2D eigenvalue weighted by molar-refractivity contribution is -0.173. The lowest BCUT2D eigenvalue weighted by Crippen LogP contribution is -2.32. The monoisotopic (exact) mass is 236 g/mol. The molecule has 0 fully saturated rings. The Labute approximate surface area is 92.6 Å². The summed E-state index contributed by atoms with van der Waals surface area (Å²) in [5.74, 6) is -1.80. The first-order valence-electron chi connectivity index (χ1n) is 4.72. The van der Waals surface area contributed by atoms with Gasteiger partial charge in [0.25, 0.3) is 0 Å². The van der Waals surface area contributed by atoms with Crippen molar-refractivity contribution in [2.45, 2.75) is 32.2 Å². The first-order valence-corrected chi connectivity index (χ1v) is 4.72. The molecule has 0 aliphatic carbocycles. The van der Waals surface area contributed by atoms with Gasteiger partial charge in [0.1, 0.15) is 18.8 Å². The summed E-state index contributed by atoms with van der Waals surface area (Å²) in [4.78, 5) is 22.0. The van der Waals surface area contributed by atoms with Gasteiger partial charge in [-0.2, -0.15) is 0 Å². The molecule has 0 bridgehead atoms. The number of esters is 2. The minimum atomic E-state index is -1.32. The molecule has 16 heavy (non-hydrogen) atoms. The summed E-state index contributed by atoms with van der Waals surface area (Å²) in [7, 11) is 0. The second-order valence-corrected chi connectivity index (χ2v) is 3.22. The molecule has 0 radical (unpaired) electrons. The number of aliphatic hydroxyl groups is 3. The number of carbonyl (C=O) groups is 2. The zero-order valence-electron chi connectivity index (χ0n) is 9.12. The lowest BCUT2D eigenvalue weighted by atomic mass is 10.3. The molecule has 3 N–H and O–H groups in total. The van der Waals surface area contributed by atoms with Gasteiger partial charge in [0.05, 0.1) is 6.61 Å². The van der Waals surface area contributed by atoms with Crippen LogP contribution in [-0.2, 0) is 19.1 Å². The van der Waals surface area contributed by atoms with Crippen molar-refractivity contribution in [3.05, 3.63) is 0 Å². The summed E-state index contributed by atoms with van der Waals surface area (Å²) in [6.07, 6.45) is -3.66. The van der Waals surface area contributed by atoms with Crippen LogP contribution in [0.5, 0.6) is 0 Å². The third kappa shape index (κ3) is 5.64. The summed E-state index contributed by atoms with van der Waals surface area (Å²) in [5, 5.41) is 26.1. The van der Waals surface area contributed by atoms with Crippen molar-refractivity contribution in [3.63, 3.8) is 0 Å². The normalized spacial score (nSPS) is 16.1. The first kappa shape index (κ1) is 14.8.